The minimum Gasteiger partial charge on any atom is -0.444 e. The van der Waals surface area contributed by atoms with Crippen LogP contribution in [0.5, 0.6) is 0 Å². The summed E-state index contributed by atoms with van der Waals surface area (Å²) in [5.41, 5.74) is 0.426. The maximum Gasteiger partial charge on any atom is 0.408 e. The smallest absolute Gasteiger partial charge is 0.408 e. The lowest BCUT2D eigenvalue weighted by Crippen LogP contribution is -2.54. The number of hydrogen-bond donors (Lipinski definition) is 3. The highest BCUT2D eigenvalue weighted by Gasteiger charge is 2.35. The number of aryl methyl sites for hydroxylation is 1. The lowest BCUT2D eigenvalue weighted by Gasteiger charge is -2.33. The molecule has 7 nitrogen and oxygen atoms in total. The Morgan fingerprint density at radius 3 is 2.13 bits per heavy atom. The molecule has 0 aromatic heterocycles. The van der Waals surface area contributed by atoms with Gasteiger partial charge in [0.1, 0.15) is 17.7 Å². The lowest BCUT2D eigenvalue weighted by atomic mass is 9.97. The van der Waals surface area contributed by atoms with Crippen molar-refractivity contribution in [2.75, 3.05) is 12.8 Å². The van der Waals surface area contributed by atoms with Crippen LogP contribution in [0.15, 0.2) is 24.3 Å². The molecule has 0 spiro atoms. The fourth-order valence-corrected chi connectivity index (χ4v) is 3.11. The molecule has 30 heavy (non-hydrogen) atoms. The molecule has 1 rings (SSSR count). The van der Waals surface area contributed by atoms with E-state index in [9.17, 15) is 14.4 Å². The highest BCUT2D eigenvalue weighted by Crippen LogP contribution is 2.25. The van der Waals surface area contributed by atoms with Crippen LogP contribution in [0, 0.1) is 6.92 Å². The molecular weight excluding hydrogens is 402 g/mol. The fourth-order valence-electron chi connectivity index (χ4n) is 2.87. The van der Waals surface area contributed by atoms with E-state index in [1.165, 1.54) is 4.90 Å². The quantitative estimate of drug-likeness (QED) is 0.596. The Bertz CT molecular complexity index is 768. The number of hydrogen-bond acceptors (Lipinski definition) is 5. The Labute approximate surface area is 185 Å². The number of thiol groups is 1. The van der Waals surface area contributed by atoms with Crippen LogP contribution in [0.4, 0.5) is 4.79 Å². The van der Waals surface area contributed by atoms with Gasteiger partial charge in [0.05, 0.1) is 0 Å². The van der Waals surface area contributed by atoms with Gasteiger partial charge in [0.15, 0.2) is 0 Å². The van der Waals surface area contributed by atoms with Gasteiger partial charge in [0, 0.05) is 18.3 Å². The van der Waals surface area contributed by atoms with Crippen LogP contribution in [0.3, 0.4) is 0 Å². The Morgan fingerprint density at radius 2 is 1.67 bits per heavy atom. The molecule has 2 unspecified atom stereocenters. The van der Waals surface area contributed by atoms with Gasteiger partial charge in [-0.1, -0.05) is 24.3 Å². The second kappa shape index (κ2) is 10.2. The second-order valence-corrected chi connectivity index (χ2v) is 9.69. The molecule has 2 N–H and O–H groups in total. The van der Waals surface area contributed by atoms with E-state index in [0.717, 1.165) is 5.56 Å². The molecule has 0 aliphatic rings. The molecule has 8 heteroatoms. The van der Waals surface area contributed by atoms with Crippen molar-refractivity contribution in [1.29, 1.82) is 0 Å². The van der Waals surface area contributed by atoms with E-state index < -0.39 is 35.2 Å². The van der Waals surface area contributed by atoms with Crippen molar-refractivity contribution in [3.63, 3.8) is 0 Å². The lowest BCUT2D eigenvalue weighted by molar-refractivity contribution is -0.141. The molecule has 0 fully saturated rings. The first kappa shape index (κ1) is 25.8. The Hall–Kier alpha value is -2.22. The Kier molecular flexibility index (Phi) is 8.77. The Morgan fingerprint density at radius 1 is 1.10 bits per heavy atom. The summed E-state index contributed by atoms with van der Waals surface area (Å²) in [7, 11) is 1.55. The second-order valence-electron chi connectivity index (χ2n) is 9.33. The minimum absolute atomic E-state index is 0.0593. The molecule has 3 amide bonds. The largest absolute Gasteiger partial charge is 0.444 e. The predicted octanol–water partition coefficient (Wildman–Crippen LogP) is 3.23. The molecule has 2 atom stereocenters. The van der Waals surface area contributed by atoms with Gasteiger partial charge in [-0.05, 0) is 59.6 Å². The number of nitrogens with zero attached hydrogens (tertiary/aromatic N) is 1. The molecule has 0 radical (unpaired) electrons. The summed E-state index contributed by atoms with van der Waals surface area (Å²) < 4.78 is 5.24. The average Bonchev–Trinajstić information content (AvgIpc) is 2.57. The van der Waals surface area contributed by atoms with Crippen molar-refractivity contribution in [1.82, 2.24) is 15.5 Å². The zero-order valence-corrected chi connectivity index (χ0v) is 20.1. The zero-order valence-electron chi connectivity index (χ0n) is 19.2. The van der Waals surface area contributed by atoms with Crippen LogP contribution >= 0.6 is 12.6 Å². The molecule has 1 aromatic rings. The van der Waals surface area contributed by atoms with E-state index >= 15 is 0 Å². The van der Waals surface area contributed by atoms with Crippen molar-refractivity contribution in [3.8, 4) is 0 Å². The van der Waals surface area contributed by atoms with Gasteiger partial charge in [-0.25, -0.2) is 4.79 Å². The molecular formula is C22H35N3O4S. The van der Waals surface area contributed by atoms with Gasteiger partial charge in [0.25, 0.3) is 0 Å². The first-order valence-corrected chi connectivity index (χ1v) is 10.5. The number of likely N-dealkylation sites (N-methyl/N-ethyl adjacent to an activating group) is 1. The van der Waals surface area contributed by atoms with E-state index in [4.69, 9.17) is 4.74 Å². The predicted molar refractivity (Wildman–Crippen MR) is 122 cm³/mol. The maximum absolute atomic E-state index is 13.2. The van der Waals surface area contributed by atoms with E-state index in [1.54, 1.807) is 27.8 Å². The number of alkyl carbamates (subject to hydrolysis) is 1. The number of rotatable bonds is 6. The van der Waals surface area contributed by atoms with Crippen LogP contribution in [0.1, 0.15) is 58.7 Å². The van der Waals surface area contributed by atoms with Gasteiger partial charge in [-0.15, -0.1) is 0 Å². The number of carbonyl (C=O) groups is 3. The Balaban J connectivity index is 3.19. The third-order valence-corrected chi connectivity index (χ3v) is 4.50. The SMILES string of the molecule is Cc1ccccc1C(C(=O)NC(C)(C)C)N(C)C(=O)C(CS)NC(=O)OC(C)(C)C. The monoisotopic (exact) mass is 437 g/mol. The van der Waals surface area contributed by atoms with Crippen LogP contribution in [0.25, 0.3) is 0 Å². The summed E-state index contributed by atoms with van der Waals surface area (Å²) in [6, 6.07) is 5.61. The van der Waals surface area contributed by atoms with Crippen molar-refractivity contribution >= 4 is 30.5 Å². The third-order valence-electron chi connectivity index (χ3n) is 4.14. The average molecular weight is 438 g/mol. The molecule has 0 heterocycles. The molecule has 1 aromatic carbocycles. The van der Waals surface area contributed by atoms with Crippen LogP contribution in [-0.2, 0) is 14.3 Å². The summed E-state index contributed by atoms with van der Waals surface area (Å²) in [4.78, 5) is 39.8. The van der Waals surface area contributed by atoms with E-state index in [-0.39, 0.29) is 11.7 Å². The van der Waals surface area contributed by atoms with Crippen molar-refractivity contribution in [2.24, 2.45) is 0 Å². The molecule has 0 bridgehead atoms. The number of nitrogens with one attached hydrogen (secondary N) is 2. The molecule has 168 valence electrons. The van der Waals surface area contributed by atoms with Crippen LogP contribution < -0.4 is 10.6 Å². The zero-order chi connectivity index (χ0) is 23.3. The molecule has 0 aliphatic carbocycles. The fraction of sp³-hybridized carbons (Fsp3) is 0.591. The standard InChI is InChI=1S/C22H35N3O4S/c1-14-11-9-10-12-15(14)17(18(26)24-21(2,3)4)25(8)19(27)16(13-30)23-20(28)29-22(5,6)7/h9-12,16-17,30H,13H2,1-8H3,(H,23,28)(H,24,26). The number of ether oxygens (including phenoxy) is 1. The van der Waals surface area contributed by atoms with Crippen LogP contribution in [-0.4, -0.2) is 52.8 Å². The molecule has 0 saturated carbocycles. The summed E-state index contributed by atoms with van der Waals surface area (Å²) in [6.45, 7) is 12.7. The third kappa shape index (κ3) is 7.89. The molecule has 0 aliphatic heterocycles. The highest BCUT2D eigenvalue weighted by atomic mass is 32.1. The van der Waals surface area contributed by atoms with E-state index in [2.05, 4.69) is 23.3 Å². The highest BCUT2D eigenvalue weighted by molar-refractivity contribution is 7.80. The van der Waals surface area contributed by atoms with E-state index in [1.807, 2.05) is 52.0 Å². The van der Waals surface area contributed by atoms with Gasteiger partial charge < -0.3 is 20.3 Å². The van der Waals surface area contributed by atoms with Crippen molar-refractivity contribution in [3.05, 3.63) is 35.4 Å². The normalized spacial score (nSPS) is 13.8. The number of amides is 3. The first-order valence-electron chi connectivity index (χ1n) is 9.91. The van der Waals surface area contributed by atoms with Crippen molar-refractivity contribution in [2.45, 2.75) is 71.7 Å². The van der Waals surface area contributed by atoms with Gasteiger partial charge in [-0.3, -0.25) is 9.59 Å². The summed E-state index contributed by atoms with van der Waals surface area (Å²) in [6.07, 6.45) is -0.713. The van der Waals surface area contributed by atoms with Crippen molar-refractivity contribution < 1.29 is 19.1 Å². The van der Waals surface area contributed by atoms with Crippen LogP contribution in [0.2, 0.25) is 0 Å². The van der Waals surface area contributed by atoms with Gasteiger partial charge in [0.2, 0.25) is 11.8 Å². The van der Waals surface area contributed by atoms with Gasteiger partial charge >= 0.3 is 6.09 Å². The number of benzene rings is 1. The summed E-state index contributed by atoms with van der Waals surface area (Å²) in [5.74, 6) is -0.680. The summed E-state index contributed by atoms with van der Waals surface area (Å²) in [5, 5.41) is 5.50. The topological polar surface area (TPSA) is 87.7 Å². The maximum atomic E-state index is 13.2. The molecule has 0 saturated heterocycles. The van der Waals surface area contributed by atoms with E-state index in [0.29, 0.717) is 5.56 Å². The summed E-state index contributed by atoms with van der Waals surface area (Å²) >= 11 is 4.21. The minimum atomic E-state index is -0.942. The first-order chi connectivity index (χ1) is 13.7. The van der Waals surface area contributed by atoms with Gasteiger partial charge in [-0.2, -0.15) is 12.6 Å². The number of carbonyl (C=O) groups excluding carboxylic acids is 3.